The maximum Gasteiger partial charge on any atom is 0.0688 e. The molecule has 0 aliphatic carbocycles. The Balaban J connectivity index is 2.00. The van der Waals surface area contributed by atoms with Gasteiger partial charge in [-0.15, -0.1) is 22.7 Å². The van der Waals surface area contributed by atoms with Gasteiger partial charge in [-0.25, -0.2) is 0 Å². The standard InChI is InChI=1S/C14H19NOS2/c1-10(16)14(2,3)15-8-12-7-11(9-18-12)13-5-4-6-17-13/h4-7,9-10,15-16H,8H2,1-3H3. The van der Waals surface area contributed by atoms with Crippen LogP contribution in [-0.4, -0.2) is 16.7 Å². The van der Waals surface area contributed by atoms with Crippen molar-refractivity contribution in [2.45, 2.75) is 39.0 Å². The van der Waals surface area contributed by atoms with E-state index in [1.54, 1.807) is 22.7 Å². The summed E-state index contributed by atoms with van der Waals surface area (Å²) >= 11 is 3.53. The van der Waals surface area contributed by atoms with Crippen LogP contribution in [0.25, 0.3) is 10.4 Å². The molecule has 18 heavy (non-hydrogen) atoms. The number of aliphatic hydroxyl groups is 1. The van der Waals surface area contributed by atoms with E-state index in [9.17, 15) is 5.11 Å². The highest BCUT2D eigenvalue weighted by molar-refractivity contribution is 7.14. The summed E-state index contributed by atoms with van der Waals surface area (Å²) in [6, 6.07) is 6.44. The van der Waals surface area contributed by atoms with Crippen LogP contribution in [0, 0.1) is 0 Å². The second-order valence-corrected chi connectivity index (χ2v) is 6.97. The minimum atomic E-state index is -0.366. The summed E-state index contributed by atoms with van der Waals surface area (Å²) in [5.74, 6) is 0. The number of thiophene rings is 2. The van der Waals surface area contributed by atoms with Crippen LogP contribution in [-0.2, 0) is 6.54 Å². The first-order valence-corrected chi connectivity index (χ1v) is 7.79. The van der Waals surface area contributed by atoms with Crippen LogP contribution in [0.5, 0.6) is 0 Å². The van der Waals surface area contributed by atoms with Crippen LogP contribution >= 0.6 is 22.7 Å². The number of hydrogen-bond donors (Lipinski definition) is 2. The second-order valence-electron chi connectivity index (χ2n) is 5.03. The molecule has 0 amide bonds. The molecule has 0 aliphatic heterocycles. The zero-order chi connectivity index (χ0) is 13.2. The third kappa shape index (κ3) is 3.20. The van der Waals surface area contributed by atoms with Crippen LogP contribution in [0.15, 0.2) is 29.0 Å². The van der Waals surface area contributed by atoms with E-state index in [1.165, 1.54) is 15.3 Å². The molecule has 0 radical (unpaired) electrons. The third-order valence-corrected chi connectivity index (χ3v) is 5.08. The van der Waals surface area contributed by atoms with Gasteiger partial charge in [0.05, 0.1) is 6.10 Å². The Morgan fingerprint density at radius 3 is 2.78 bits per heavy atom. The Kier molecular flexibility index (Phi) is 4.22. The van der Waals surface area contributed by atoms with Crippen molar-refractivity contribution in [1.82, 2.24) is 5.32 Å². The molecular weight excluding hydrogens is 262 g/mol. The van der Waals surface area contributed by atoms with Gasteiger partial charge in [0.2, 0.25) is 0 Å². The molecule has 4 heteroatoms. The van der Waals surface area contributed by atoms with Crippen molar-refractivity contribution >= 4 is 22.7 Å². The molecule has 0 aliphatic rings. The summed E-state index contributed by atoms with van der Waals surface area (Å²) in [4.78, 5) is 2.61. The lowest BCUT2D eigenvalue weighted by Gasteiger charge is -2.29. The Labute approximate surface area is 116 Å². The van der Waals surface area contributed by atoms with Crippen LogP contribution in [0.4, 0.5) is 0 Å². The van der Waals surface area contributed by atoms with Crippen molar-refractivity contribution in [2.24, 2.45) is 0 Å². The van der Waals surface area contributed by atoms with Crippen molar-refractivity contribution in [3.8, 4) is 10.4 Å². The van der Waals surface area contributed by atoms with Gasteiger partial charge >= 0.3 is 0 Å². The van der Waals surface area contributed by atoms with Gasteiger partial charge in [-0.1, -0.05) is 6.07 Å². The first-order chi connectivity index (χ1) is 8.49. The smallest absolute Gasteiger partial charge is 0.0688 e. The molecule has 0 saturated heterocycles. The first kappa shape index (κ1) is 13.7. The normalized spacial score (nSPS) is 13.8. The van der Waals surface area contributed by atoms with Crippen LogP contribution in [0.2, 0.25) is 0 Å². The molecule has 2 nitrogen and oxygen atoms in total. The molecule has 1 unspecified atom stereocenters. The zero-order valence-electron chi connectivity index (χ0n) is 10.9. The molecule has 2 heterocycles. The van der Waals surface area contributed by atoms with E-state index >= 15 is 0 Å². The summed E-state index contributed by atoms with van der Waals surface area (Å²) in [7, 11) is 0. The van der Waals surface area contributed by atoms with E-state index < -0.39 is 0 Å². The van der Waals surface area contributed by atoms with Crippen LogP contribution in [0.3, 0.4) is 0 Å². The lowest BCUT2D eigenvalue weighted by atomic mass is 9.99. The predicted molar refractivity (Wildman–Crippen MR) is 80.2 cm³/mol. The molecule has 2 aromatic heterocycles. The quantitative estimate of drug-likeness (QED) is 0.875. The molecule has 0 saturated carbocycles. The van der Waals surface area contributed by atoms with Crippen molar-refractivity contribution in [3.05, 3.63) is 33.8 Å². The molecular formula is C14H19NOS2. The Bertz CT molecular complexity index is 486. The zero-order valence-corrected chi connectivity index (χ0v) is 12.6. The molecule has 0 fully saturated rings. The summed E-state index contributed by atoms with van der Waals surface area (Å²) < 4.78 is 0. The Morgan fingerprint density at radius 2 is 2.17 bits per heavy atom. The van der Waals surface area contributed by atoms with Crippen LogP contribution in [0.1, 0.15) is 25.6 Å². The fourth-order valence-corrected chi connectivity index (χ4v) is 3.12. The van der Waals surface area contributed by atoms with E-state index in [4.69, 9.17) is 0 Å². The van der Waals surface area contributed by atoms with Gasteiger partial charge in [0.1, 0.15) is 0 Å². The fraction of sp³-hybridized carbons (Fsp3) is 0.429. The van der Waals surface area contributed by atoms with E-state index in [2.05, 4.69) is 34.3 Å². The molecule has 2 rings (SSSR count). The Morgan fingerprint density at radius 1 is 1.39 bits per heavy atom. The van der Waals surface area contributed by atoms with Gasteiger partial charge in [0.15, 0.2) is 0 Å². The predicted octanol–water partition coefficient (Wildman–Crippen LogP) is 3.73. The van der Waals surface area contributed by atoms with E-state index in [0.29, 0.717) is 0 Å². The fourth-order valence-electron chi connectivity index (χ4n) is 1.51. The van der Waals surface area contributed by atoms with Gasteiger partial charge in [-0.2, -0.15) is 0 Å². The average Bonchev–Trinajstić information content (AvgIpc) is 2.97. The second kappa shape index (κ2) is 5.53. The molecule has 0 aromatic carbocycles. The minimum absolute atomic E-state index is 0.257. The van der Waals surface area contributed by atoms with Crippen molar-refractivity contribution in [1.29, 1.82) is 0 Å². The summed E-state index contributed by atoms with van der Waals surface area (Å²) in [5, 5.41) is 17.3. The van der Waals surface area contributed by atoms with Crippen molar-refractivity contribution in [2.75, 3.05) is 0 Å². The number of aliphatic hydroxyl groups excluding tert-OH is 1. The summed E-state index contributed by atoms with van der Waals surface area (Å²) in [6.07, 6.45) is -0.366. The largest absolute Gasteiger partial charge is 0.392 e. The molecule has 0 bridgehead atoms. The maximum absolute atomic E-state index is 9.66. The van der Waals surface area contributed by atoms with Crippen molar-refractivity contribution in [3.63, 3.8) is 0 Å². The highest BCUT2D eigenvalue weighted by Crippen LogP contribution is 2.29. The highest BCUT2D eigenvalue weighted by Gasteiger charge is 2.23. The highest BCUT2D eigenvalue weighted by atomic mass is 32.1. The van der Waals surface area contributed by atoms with E-state index in [1.807, 2.05) is 20.8 Å². The Hall–Kier alpha value is -0.680. The van der Waals surface area contributed by atoms with Gasteiger partial charge in [-0.05, 0) is 43.7 Å². The lowest BCUT2D eigenvalue weighted by Crippen LogP contribution is -2.47. The van der Waals surface area contributed by atoms with E-state index in [0.717, 1.165) is 6.54 Å². The number of nitrogens with one attached hydrogen (secondary N) is 1. The third-order valence-electron chi connectivity index (χ3n) is 3.22. The molecule has 2 aromatic rings. The maximum atomic E-state index is 9.66. The summed E-state index contributed by atoms with van der Waals surface area (Å²) in [5.41, 5.74) is 1.04. The SMILES string of the molecule is CC(O)C(C)(C)NCc1cc(-c2cccs2)cs1. The summed E-state index contributed by atoms with van der Waals surface area (Å²) in [6.45, 7) is 6.66. The number of rotatable bonds is 5. The molecule has 2 N–H and O–H groups in total. The number of hydrogen-bond acceptors (Lipinski definition) is 4. The lowest BCUT2D eigenvalue weighted by molar-refractivity contribution is 0.0958. The van der Waals surface area contributed by atoms with Crippen LogP contribution < -0.4 is 5.32 Å². The van der Waals surface area contributed by atoms with E-state index in [-0.39, 0.29) is 11.6 Å². The topological polar surface area (TPSA) is 32.3 Å². The van der Waals surface area contributed by atoms with Gasteiger partial charge in [0.25, 0.3) is 0 Å². The molecule has 1 atom stereocenters. The minimum Gasteiger partial charge on any atom is -0.392 e. The monoisotopic (exact) mass is 281 g/mol. The average molecular weight is 281 g/mol. The first-order valence-electron chi connectivity index (χ1n) is 6.03. The molecule has 98 valence electrons. The van der Waals surface area contributed by atoms with Crippen molar-refractivity contribution < 1.29 is 5.11 Å². The van der Waals surface area contributed by atoms with Gasteiger partial charge in [0, 0.05) is 27.4 Å². The van der Waals surface area contributed by atoms with Gasteiger partial charge in [-0.3, -0.25) is 0 Å². The molecule has 0 spiro atoms. The van der Waals surface area contributed by atoms with Gasteiger partial charge < -0.3 is 10.4 Å².